The fourth-order valence-electron chi connectivity index (χ4n) is 2.32. The third-order valence-electron chi connectivity index (χ3n) is 3.56. The Hall–Kier alpha value is -1.44. The molecular weight excluding hydrogens is 272 g/mol. The first-order valence-electron chi connectivity index (χ1n) is 7.41. The van der Waals surface area contributed by atoms with Crippen molar-refractivity contribution in [2.45, 2.75) is 13.5 Å². The minimum absolute atomic E-state index is 0.310. The Bertz CT molecular complexity index is 455. The van der Waals surface area contributed by atoms with Crippen LogP contribution >= 0.6 is 0 Å². The van der Waals surface area contributed by atoms with Gasteiger partial charge in [-0.1, -0.05) is 0 Å². The second-order valence-electron chi connectivity index (χ2n) is 4.98. The van der Waals surface area contributed by atoms with Gasteiger partial charge in [0.2, 0.25) is 0 Å². The number of nitrogens with zero attached hydrogens (tertiary/aromatic N) is 3. The number of hydrogen-bond donors (Lipinski definition) is 1. The van der Waals surface area contributed by atoms with E-state index in [9.17, 15) is 4.79 Å². The molecule has 0 unspecified atom stereocenters. The lowest BCUT2D eigenvalue weighted by Crippen LogP contribution is -2.40. The van der Waals surface area contributed by atoms with Gasteiger partial charge in [0.1, 0.15) is 5.56 Å². The molecule has 0 aliphatic carbocycles. The Balaban J connectivity index is 1.79. The van der Waals surface area contributed by atoms with E-state index in [1.54, 1.807) is 17.8 Å². The fourth-order valence-corrected chi connectivity index (χ4v) is 2.32. The summed E-state index contributed by atoms with van der Waals surface area (Å²) in [6.45, 7) is 8.23. The monoisotopic (exact) mass is 296 g/mol. The van der Waals surface area contributed by atoms with Crippen molar-refractivity contribution in [1.29, 1.82) is 0 Å². The molecule has 1 aliphatic heterocycles. The smallest absolute Gasteiger partial charge is 0.341 e. The minimum atomic E-state index is -0.310. The lowest BCUT2D eigenvalue weighted by atomic mass is 10.2. The molecule has 1 aliphatic rings. The fraction of sp³-hybridized carbons (Fsp3) is 0.714. The predicted octanol–water partition coefficient (Wildman–Crippen LogP) is 0.0186. The lowest BCUT2D eigenvalue weighted by molar-refractivity contribution is 0.0383. The van der Waals surface area contributed by atoms with Crippen molar-refractivity contribution in [2.24, 2.45) is 7.05 Å². The van der Waals surface area contributed by atoms with E-state index in [2.05, 4.69) is 15.3 Å². The molecular formula is C14H24N4O3. The van der Waals surface area contributed by atoms with Crippen molar-refractivity contribution in [3.05, 3.63) is 17.5 Å². The van der Waals surface area contributed by atoms with E-state index in [1.807, 2.05) is 7.05 Å². The maximum atomic E-state index is 11.8. The van der Waals surface area contributed by atoms with Gasteiger partial charge in [-0.3, -0.25) is 9.58 Å². The first kappa shape index (κ1) is 15.9. The predicted molar refractivity (Wildman–Crippen MR) is 78.1 cm³/mol. The van der Waals surface area contributed by atoms with E-state index in [1.165, 1.54) is 0 Å². The van der Waals surface area contributed by atoms with Crippen LogP contribution in [-0.4, -0.2) is 66.6 Å². The van der Waals surface area contributed by atoms with Crippen molar-refractivity contribution >= 4 is 5.97 Å². The summed E-state index contributed by atoms with van der Waals surface area (Å²) in [7, 11) is 1.84. The highest BCUT2D eigenvalue weighted by molar-refractivity contribution is 5.90. The minimum Gasteiger partial charge on any atom is -0.462 e. The van der Waals surface area contributed by atoms with Crippen LogP contribution in [0.15, 0.2) is 6.20 Å². The van der Waals surface area contributed by atoms with Crippen LogP contribution in [0.5, 0.6) is 0 Å². The lowest BCUT2D eigenvalue weighted by Gasteiger charge is -2.26. The molecule has 0 amide bonds. The van der Waals surface area contributed by atoms with Crippen LogP contribution in [0.25, 0.3) is 0 Å². The molecule has 1 fully saturated rings. The van der Waals surface area contributed by atoms with Crippen molar-refractivity contribution in [3.63, 3.8) is 0 Å². The van der Waals surface area contributed by atoms with Crippen LogP contribution in [0.4, 0.5) is 0 Å². The Labute approximate surface area is 125 Å². The van der Waals surface area contributed by atoms with Gasteiger partial charge < -0.3 is 14.8 Å². The van der Waals surface area contributed by atoms with Gasteiger partial charge in [-0.25, -0.2) is 4.79 Å². The molecule has 118 valence electrons. The zero-order chi connectivity index (χ0) is 15.1. The van der Waals surface area contributed by atoms with Crippen molar-refractivity contribution in [3.8, 4) is 0 Å². The molecule has 0 atom stereocenters. The Morgan fingerprint density at radius 1 is 1.48 bits per heavy atom. The molecule has 1 saturated heterocycles. The summed E-state index contributed by atoms with van der Waals surface area (Å²) in [6, 6.07) is 0. The van der Waals surface area contributed by atoms with Gasteiger partial charge in [0.25, 0.3) is 0 Å². The Kier molecular flexibility index (Phi) is 6.16. The average molecular weight is 296 g/mol. The van der Waals surface area contributed by atoms with Crippen LogP contribution in [0.1, 0.15) is 23.0 Å². The largest absolute Gasteiger partial charge is 0.462 e. The first-order chi connectivity index (χ1) is 10.2. The topological polar surface area (TPSA) is 68.6 Å². The number of ether oxygens (including phenoxy) is 2. The number of morpholine rings is 1. The van der Waals surface area contributed by atoms with Crippen LogP contribution in [0.3, 0.4) is 0 Å². The van der Waals surface area contributed by atoms with Gasteiger partial charge in [0.05, 0.1) is 31.7 Å². The third-order valence-corrected chi connectivity index (χ3v) is 3.56. The van der Waals surface area contributed by atoms with Gasteiger partial charge in [-0.15, -0.1) is 0 Å². The molecule has 0 spiro atoms. The van der Waals surface area contributed by atoms with E-state index in [4.69, 9.17) is 9.47 Å². The number of hydrogen-bond acceptors (Lipinski definition) is 6. The maximum Gasteiger partial charge on any atom is 0.341 e. The van der Waals surface area contributed by atoms with Crippen LogP contribution < -0.4 is 5.32 Å². The average Bonchev–Trinajstić information content (AvgIpc) is 2.86. The zero-order valence-electron chi connectivity index (χ0n) is 12.8. The molecule has 0 aromatic carbocycles. The van der Waals surface area contributed by atoms with Crippen LogP contribution in [-0.2, 0) is 23.1 Å². The highest BCUT2D eigenvalue weighted by atomic mass is 16.5. The van der Waals surface area contributed by atoms with Gasteiger partial charge in [-0.05, 0) is 6.92 Å². The normalized spacial score (nSPS) is 16.1. The quantitative estimate of drug-likeness (QED) is 0.565. The van der Waals surface area contributed by atoms with Crippen LogP contribution in [0, 0.1) is 0 Å². The van der Waals surface area contributed by atoms with Gasteiger partial charge in [-0.2, -0.15) is 5.10 Å². The van der Waals surface area contributed by atoms with E-state index in [0.29, 0.717) is 18.7 Å². The zero-order valence-corrected chi connectivity index (χ0v) is 12.8. The molecule has 0 bridgehead atoms. The molecule has 2 rings (SSSR count). The third kappa shape index (κ3) is 4.52. The molecule has 1 aromatic heterocycles. The van der Waals surface area contributed by atoms with Crippen molar-refractivity contribution in [2.75, 3.05) is 46.0 Å². The summed E-state index contributed by atoms with van der Waals surface area (Å²) < 4.78 is 12.1. The number of nitrogens with one attached hydrogen (secondary N) is 1. The number of esters is 1. The molecule has 1 N–H and O–H groups in total. The highest BCUT2D eigenvalue weighted by Gasteiger charge is 2.17. The summed E-state index contributed by atoms with van der Waals surface area (Å²) in [5.41, 5.74) is 1.40. The molecule has 1 aromatic rings. The molecule has 7 nitrogen and oxygen atoms in total. The summed E-state index contributed by atoms with van der Waals surface area (Å²) >= 11 is 0. The number of carbonyl (C=O) groups is 1. The number of rotatable bonds is 7. The van der Waals surface area contributed by atoms with E-state index < -0.39 is 0 Å². The summed E-state index contributed by atoms with van der Waals surface area (Å²) in [4.78, 5) is 14.2. The Morgan fingerprint density at radius 3 is 2.95 bits per heavy atom. The molecule has 0 radical (unpaired) electrons. The van der Waals surface area contributed by atoms with Crippen LogP contribution in [0.2, 0.25) is 0 Å². The van der Waals surface area contributed by atoms with Gasteiger partial charge in [0.15, 0.2) is 0 Å². The standard InChI is InChI=1S/C14H24N4O3/c1-3-21-14(19)12-10-16-17(2)13(12)11-15-4-5-18-6-8-20-9-7-18/h10,15H,3-9,11H2,1-2H3. The molecule has 2 heterocycles. The molecule has 21 heavy (non-hydrogen) atoms. The maximum absolute atomic E-state index is 11.8. The van der Waals surface area contributed by atoms with E-state index in [0.717, 1.165) is 45.1 Å². The molecule has 7 heteroatoms. The van der Waals surface area contributed by atoms with Crippen molar-refractivity contribution in [1.82, 2.24) is 20.0 Å². The SMILES string of the molecule is CCOC(=O)c1cnn(C)c1CNCCN1CCOCC1. The first-order valence-corrected chi connectivity index (χ1v) is 7.41. The summed E-state index contributed by atoms with van der Waals surface area (Å²) in [6.07, 6.45) is 1.57. The number of carbonyl (C=O) groups excluding carboxylic acids is 1. The summed E-state index contributed by atoms with van der Waals surface area (Å²) in [5.74, 6) is -0.310. The van der Waals surface area contributed by atoms with Crippen molar-refractivity contribution < 1.29 is 14.3 Å². The second kappa shape index (κ2) is 8.11. The number of aryl methyl sites for hydroxylation is 1. The Morgan fingerprint density at radius 2 is 2.24 bits per heavy atom. The number of aromatic nitrogens is 2. The summed E-state index contributed by atoms with van der Waals surface area (Å²) in [5, 5.41) is 7.50. The van der Waals surface area contributed by atoms with Gasteiger partial charge in [0, 0.05) is 39.8 Å². The van der Waals surface area contributed by atoms with Gasteiger partial charge >= 0.3 is 5.97 Å². The van der Waals surface area contributed by atoms with E-state index in [-0.39, 0.29) is 5.97 Å². The highest BCUT2D eigenvalue weighted by Crippen LogP contribution is 2.09. The molecule has 0 saturated carbocycles. The second-order valence-corrected chi connectivity index (χ2v) is 4.98. The van der Waals surface area contributed by atoms with E-state index >= 15 is 0 Å².